The number of non-ortho nitro benzene ring substituents is 1. The van der Waals surface area contributed by atoms with Crippen molar-refractivity contribution in [2.45, 2.75) is 57.7 Å². The molecule has 150 valence electrons. The SMILES string of the molecule is CCC1CCC2(CC1)NC(=O)N(Cc1cc([N+](=O)[O-])cc3c1OCOC3)C2=O. The number of amides is 3. The number of rotatable bonds is 4. The first kappa shape index (κ1) is 18.7. The molecule has 28 heavy (non-hydrogen) atoms. The van der Waals surface area contributed by atoms with Gasteiger partial charge >= 0.3 is 6.03 Å². The Balaban J connectivity index is 1.61. The minimum absolute atomic E-state index is 0.0281. The van der Waals surface area contributed by atoms with Crippen LogP contribution in [0, 0.1) is 16.0 Å². The van der Waals surface area contributed by atoms with Gasteiger partial charge in [-0.05, 0) is 31.6 Å². The van der Waals surface area contributed by atoms with Crippen LogP contribution >= 0.6 is 0 Å². The van der Waals surface area contributed by atoms with E-state index in [1.54, 1.807) is 0 Å². The van der Waals surface area contributed by atoms with Gasteiger partial charge in [-0.1, -0.05) is 13.3 Å². The molecular weight excluding hydrogens is 366 g/mol. The van der Waals surface area contributed by atoms with Gasteiger partial charge in [-0.15, -0.1) is 0 Å². The van der Waals surface area contributed by atoms with Crippen molar-refractivity contribution in [2.75, 3.05) is 6.79 Å². The summed E-state index contributed by atoms with van der Waals surface area (Å²) in [7, 11) is 0. The molecule has 9 heteroatoms. The molecular formula is C19H23N3O6. The van der Waals surface area contributed by atoms with Gasteiger partial charge in [-0.25, -0.2) is 4.79 Å². The van der Waals surface area contributed by atoms with Gasteiger partial charge in [0.2, 0.25) is 0 Å². The standard InChI is InChI=1S/C19H23N3O6/c1-2-12-3-5-19(6-4-12)17(23)21(18(24)20-19)9-13-7-15(22(25)26)8-14-10-27-11-28-16(13)14/h7-8,12H,2-6,9-11H2,1H3,(H,20,24). The lowest BCUT2D eigenvalue weighted by atomic mass is 9.75. The molecule has 2 fully saturated rings. The van der Waals surface area contributed by atoms with Crippen LogP contribution < -0.4 is 10.1 Å². The smallest absolute Gasteiger partial charge is 0.325 e. The van der Waals surface area contributed by atoms with Gasteiger partial charge in [0.15, 0.2) is 6.79 Å². The molecule has 1 aromatic rings. The number of fused-ring (bicyclic) bond motifs is 1. The quantitative estimate of drug-likeness (QED) is 0.482. The summed E-state index contributed by atoms with van der Waals surface area (Å²) in [4.78, 5) is 37.6. The highest BCUT2D eigenvalue weighted by atomic mass is 16.7. The van der Waals surface area contributed by atoms with E-state index in [9.17, 15) is 19.7 Å². The highest BCUT2D eigenvalue weighted by molar-refractivity contribution is 6.07. The first-order valence-electron chi connectivity index (χ1n) is 9.58. The molecule has 1 saturated heterocycles. The summed E-state index contributed by atoms with van der Waals surface area (Å²) in [6.45, 7) is 2.29. The summed E-state index contributed by atoms with van der Waals surface area (Å²) in [6.07, 6.45) is 4.14. The molecule has 1 spiro atoms. The molecule has 1 saturated carbocycles. The number of nitrogens with zero attached hydrogens (tertiary/aromatic N) is 2. The van der Waals surface area contributed by atoms with Crippen molar-refractivity contribution in [1.29, 1.82) is 0 Å². The third-order valence-corrected chi connectivity index (χ3v) is 6.09. The lowest BCUT2D eigenvalue weighted by Crippen LogP contribution is -2.49. The van der Waals surface area contributed by atoms with Gasteiger partial charge in [0, 0.05) is 23.3 Å². The fourth-order valence-corrected chi connectivity index (χ4v) is 4.41. The first-order chi connectivity index (χ1) is 13.4. The van der Waals surface area contributed by atoms with Crippen molar-refractivity contribution in [1.82, 2.24) is 10.2 Å². The average Bonchev–Trinajstić information content (AvgIpc) is 2.92. The number of nitrogens with one attached hydrogen (secondary N) is 1. The van der Waals surface area contributed by atoms with Crippen LogP contribution in [0.15, 0.2) is 12.1 Å². The van der Waals surface area contributed by atoms with E-state index in [4.69, 9.17) is 9.47 Å². The third-order valence-electron chi connectivity index (χ3n) is 6.09. The summed E-state index contributed by atoms with van der Waals surface area (Å²) in [5.41, 5.74) is 0.0251. The summed E-state index contributed by atoms with van der Waals surface area (Å²) in [6, 6.07) is 2.31. The Hall–Kier alpha value is -2.68. The molecule has 0 radical (unpaired) electrons. The Morgan fingerprint density at radius 2 is 2.07 bits per heavy atom. The second-order valence-corrected chi connectivity index (χ2v) is 7.72. The zero-order valence-electron chi connectivity index (χ0n) is 15.7. The average molecular weight is 389 g/mol. The van der Waals surface area contributed by atoms with Crippen LogP contribution in [-0.4, -0.2) is 34.1 Å². The van der Waals surface area contributed by atoms with Crippen molar-refractivity contribution in [3.8, 4) is 5.75 Å². The Bertz CT molecular complexity index is 831. The predicted molar refractivity (Wildman–Crippen MR) is 97.4 cm³/mol. The molecule has 0 aromatic heterocycles. The number of nitro benzene ring substituents is 1. The summed E-state index contributed by atoms with van der Waals surface area (Å²) >= 11 is 0. The highest BCUT2D eigenvalue weighted by Crippen LogP contribution is 2.39. The normalized spacial score (nSPS) is 26.8. The summed E-state index contributed by atoms with van der Waals surface area (Å²) in [5.74, 6) is 0.786. The van der Waals surface area contributed by atoms with Crippen molar-refractivity contribution in [2.24, 2.45) is 5.92 Å². The van der Waals surface area contributed by atoms with E-state index >= 15 is 0 Å². The molecule has 1 N–H and O–H groups in total. The second-order valence-electron chi connectivity index (χ2n) is 7.72. The first-order valence-corrected chi connectivity index (χ1v) is 9.58. The number of hydrogen-bond acceptors (Lipinski definition) is 6. The number of urea groups is 1. The number of hydrogen-bond donors (Lipinski definition) is 1. The van der Waals surface area contributed by atoms with Crippen molar-refractivity contribution in [3.63, 3.8) is 0 Å². The van der Waals surface area contributed by atoms with E-state index in [0.29, 0.717) is 35.6 Å². The van der Waals surface area contributed by atoms with Gasteiger partial charge in [-0.3, -0.25) is 19.8 Å². The van der Waals surface area contributed by atoms with Crippen LogP contribution in [0.2, 0.25) is 0 Å². The maximum absolute atomic E-state index is 13.1. The second kappa shape index (κ2) is 7.05. The molecule has 1 aliphatic carbocycles. The maximum Gasteiger partial charge on any atom is 0.325 e. The van der Waals surface area contributed by atoms with E-state index in [1.165, 1.54) is 12.1 Å². The fraction of sp³-hybridized carbons (Fsp3) is 0.579. The number of imide groups is 1. The van der Waals surface area contributed by atoms with Gasteiger partial charge in [0.05, 0.1) is 18.1 Å². The largest absolute Gasteiger partial charge is 0.467 e. The minimum atomic E-state index is -0.840. The van der Waals surface area contributed by atoms with Crippen LogP contribution in [0.3, 0.4) is 0 Å². The molecule has 4 rings (SSSR count). The fourth-order valence-electron chi connectivity index (χ4n) is 4.41. The summed E-state index contributed by atoms with van der Waals surface area (Å²) < 4.78 is 10.7. The van der Waals surface area contributed by atoms with E-state index in [2.05, 4.69) is 12.2 Å². The molecule has 9 nitrogen and oxygen atoms in total. The third kappa shape index (κ3) is 3.09. The Morgan fingerprint density at radius 3 is 2.75 bits per heavy atom. The Labute approximate surface area is 162 Å². The van der Waals surface area contributed by atoms with Crippen molar-refractivity contribution < 1.29 is 24.0 Å². The molecule has 3 amide bonds. The molecule has 0 atom stereocenters. The van der Waals surface area contributed by atoms with Crippen LogP contribution in [0.1, 0.15) is 50.2 Å². The van der Waals surface area contributed by atoms with E-state index < -0.39 is 16.5 Å². The minimum Gasteiger partial charge on any atom is -0.467 e. The number of carbonyl (C=O) groups excluding carboxylic acids is 2. The van der Waals surface area contributed by atoms with Crippen LogP contribution in [0.5, 0.6) is 5.75 Å². The highest BCUT2D eigenvalue weighted by Gasteiger charge is 2.52. The Kier molecular flexibility index (Phi) is 4.70. The molecule has 0 bridgehead atoms. The zero-order chi connectivity index (χ0) is 19.9. The summed E-state index contributed by atoms with van der Waals surface area (Å²) in [5, 5.41) is 14.2. The molecule has 3 aliphatic rings. The van der Waals surface area contributed by atoms with Crippen molar-refractivity contribution in [3.05, 3.63) is 33.4 Å². The molecule has 2 aliphatic heterocycles. The van der Waals surface area contributed by atoms with Crippen molar-refractivity contribution >= 4 is 17.6 Å². The van der Waals surface area contributed by atoms with Gasteiger partial charge in [0.1, 0.15) is 11.3 Å². The number of nitro groups is 1. The van der Waals surface area contributed by atoms with Crippen LogP contribution in [0.4, 0.5) is 10.5 Å². The van der Waals surface area contributed by atoms with E-state index in [1.807, 2.05) is 0 Å². The number of benzene rings is 1. The lowest BCUT2D eigenvalue weighted by molar-refractivity contribution is -0.385. The maximum atomic E-state index is 13.1. The van der Waals surface area contributed by atoms with Gasteiger partial charge < -0.3 is 14.8 Å². The topological polar surface area (TPSA) is 111 Å². The predicted octanol–water partition coefficient (Wildman–Crippen LogP) is 2.85. The molecule has 1 aromatic carbocycles. The van der Waals surface area contributed by atoms with E-state index in [-0.39, 0.29) is 31.5 Å². The Morgan fingerprint density at radius 1 is 1.32 bits per heavy atom. The van der Waals surface area contributed by atoms with E-state index in [0.717, 1.165) is 24.2 Å². The molecule has 2 heterocycles. The number of carbonyl (C=O) groups is 2. The zero-order valence-corrected chi connectivity index (χ0v) is 15.7. The van der Waals surface area contributed by atoms with Gasteiger partial charge in [-0.2, -0.15) is 0 Å². The van der Waals surface area contributed by atoms with Crippen LogP contribution in [-0.2, 0) is 22.7 Å². The van der Waals surface area contributed by atoms with Crippen LogP contribution in [0.25, 0.3) is 0 Å². The lowest BCUT2D eigenvalue weighted by Gasteiger charge is -2.34. The van der Waals surface area contributed by atoms with Gasteiger partial charge in [0.25, 0.3) is 11.6 Å². The monoisotopic (exact) mass is 389 g/mol. The molecule has 0 unspecified atom stereocenters. The number of ether oxygens (including phenoxy) is 2.